The molecule has 0 spiro atoms. The van der Waals surface area contributed by atoms with E-state index in [-0.39, 0.29) is 12.5 Å². The molecule has 144 valence electrons. The van der Waals surface area contributed by atoms with Gasteiger partial charge in [-0.15, -0.1) is 0 Å². The Morgan fingerprint density at radius 1 is 1.12 bits per heavy atom. The number of piperazine rings is 1. The molecular formula is C16H22BrN3O5S. The lowest BCUT2D eigenvalue weighted by molar-refractivity contribution is -0.131. The number of sulfonamides is 1. The van der Waals surface area contributed by atoms with Crippen molar-refractivity contribution in [3.05, 3.63) is 28.7 Å². The lowest BCUT2D eigenvalue weighted by Crippen LogP contribution is -2.53. The van der Waals surface area contributed by atoms with Crippen molar-refractivity contribution in [2.24, 2.45) is 0 Å². The molecule has 1 aromatic rings. The summed E-state index contributed by atoms with van der Waals surface area (Å²) >= 11 is 3.30. The van der Waals surface area contributed by atoms with E-state index in [0.717, 1.165) is 15.0 Å². The van der Waals surface area contributed by atoms with Crippen molar-refractivity contribution in [3.8, 4) is 0 Å². The summed E-state index contributed by atoms with van der Waals surface area (Å²) in [6, 6.07) is 6.71. The number of nitrogens with zero attached hydrogens (tertiary/aromatic N) is 3. The van der Waals surface area contributed by atoms with Gasteiger partial charge in [0.15, 0.2) is 0 Å². The largest absolute Gasteiger partial charge is 0.450 e. The lowest BCUT2D eigenvalue weighted by Gasteiger charge is -2.35. The predicted octanol–water partition coefficient (Wildman–Crippen LogP) is 1.52. The van der Waals surface area contributed by atoms with Crippen LogP contribution >= 0.6 is 15.9 Å². The number of rotatable bonds is 5. The molecule has 0 saturated carbocycles. The molecule has 8 nitrogen and oxygen atoms in total. The summed E-state index contributed by atoms with van der Waals surface area (Å²) in [5.74, 6) is -0.304. The Morgan fingerprint density at radius 2 is 1.65 bits per heavy atom. The molecule has 0 aliphatic carbocycles. The van der Waals surface area contributed by atoms with Gasteiger partial charge in [-0.2, -0.15) is 0 Å². The summed E-state index contributed by atoms with van der Waals surface area (Å²) in [4.78, 5) is 27.4. The average Bonchev–Trinajstić information content (AvgIpc) is 2.60. The first kappa shape index (κ1) is 20.5. The fourth-order valence-electron chi connectivity index (χ4n) is 2.58. The Hall–Kier alpha value is -1.81. The maximum atomic E-state index is 12.6. The van der Waals surface area contributed by atoms with E-state index < -0.39 is 16.1 Å². The van der Waals surface area contributed by atoms with Crippen LogP contribution in [0.3, 0.4) is 0 Å². The fraction of sp³-hybridized carbons (Fsp3) is 0.500. The third-order valence-corrected chi connectivity index (χ3v) is 5.62. The molecule has 2 rings (SSSR count). The summed E-state index contributed by atoms with van der Waals surface area (Å²) in [5, 5.41) is 0. The van der Waals surface area contributed by atoms with Crippen molar-refractivity contribution in [2.75, 3.05) is 49.9 Å². The molecule has 26 heavy (non-hydrogen) atoms. The Labute approximate surface area is 161 Å². The summed E-state index contributed by atoms with van der Waals surface area (Å²) in [6.07, 6.45) is 0.674. The molecule has 1 heterocycles. The van der Waals surface area contributed by atoms with E-state index in [1.165, 1.54) is 4.90 Å². The highest BCUT2D eigenvalue weighted by atomic mass is 79.9. The quantitative estimate of drug-likeness (QED) is 0.682. The summed E-state index contributed by atoms with van der Waals surface area (Å²) in [6.45, 7) is 3.17. The highest BCUT2D eigenvalue weighted by Crippen LogP contribution is 2.21. The van der Waals surface area contributed by atoms with E-state index in [1.807, 2.05) is 0 Å². The molecule has 0 atom stereocenters. The fourth-order valence-corrected chi connectivity index (χ4v) is 3.70. The molecule has 10 heteroatoms. The first-order chi connectivity index (χ1) is 12.2. The molecule has 0 N–H and O–H groups in total. The first-order valence-corrected chi connectivity index (χ1v) is 10.8. The van der Waals surface area contributed by atoms with Gasteiger partial charge in [0.2, 0.25) is 15.9 Å². The van der Waals surface area contributed by atoms with Crippen LogP contribution < -0.4 is 4.31 Å². The molecule has 1 aliphatic heterocycles. The van der Waals surface area contributed by atoms with Gasteiger partial charge in [0.05, 0.1) is 18.6 Å². The lowest BCUT2D eigenvalue weighted by atomic mass is 10.3. The second kappa shape index (κ2) is 8.72. The van der Waals surface area contributed by atoms with Gasteiger partial charge in [0.1, 0.15) is 6.54 Å². The van der Waals surface area contributed by atoms with Crippen LogP contribution in [0.2, 0.25) is 0 Å². The molecule has 0 unspecified atom stereocenters. The SMILES string of the molecule is CCOC(=O)N1CCN(C(=O)CN(c2ccc(Br)cc2)S(C)(=O)=O)CC1. The number of hydrogen-bond acceptors (Lipinski definition) is 5. The maximum Gasteiger partial charge on any atom is 0.409 e. The van der Waals surface area contributed by atoms with Crippen molar-refractivity contribution in [2.45, 2.75) is 6.92 Å². The normalized spacial score (nSPS) is 14.9. The Morgan fingerprint density at radius 3 is 2.15 bits per heavy atom. The third-order valence-electron chi connectivity index (χ3n) is 3.95. The van der Waals surface area contributed by atoms with E-state index in [2.05, 4.69) is 15.9 Å². The van der Waals surface area contributed by atoms with Crippen molar-refractivity contribution in [3.63, 3.8) is 0 Å². The van der Waals surface area contributed by atoms with Crippen molar-refractivity contribution >= 4 is 43.6 Å². The highest BCUT2D eigenvalue weighted by molar-refractivity contribution is 9.10. The van der Waals surface area contributed by atoms with E-state index >= 15 is 0 Å². The zero-order valence-corrected chi connectivity index (χ0v) is 17.1. The van der Waals surface area contributed by atoms with E-state index in [0.29, 0.717) is 38.5 Å². The van der Waals surface area contributed by atoms with Crippen LogP contribution in [-0.2, 0) is 19.6 Å². The first-order valence-electron chi connectivity index (χ1n) is 8.15. The highest BCUT2D eigenvalue weighted by Gasteiger charge is 2.28. The van der Waals surface area contributed by atoms with Crippen LogP contribution in [-0.4, -0.2) is 75.8 Å². The van der Waals surface area contributed by atoms with Gasteiger partial charge in [-0.1, -0.05) is 15.9 Å². The number of halogens is 1. The number of ether oxygens (including phenoxy) is 1. The van der Waals surface area contributed by atoms with Crippen LogP contribution in [0.25, 0.3) is 0 Å². The molecule has 1 fully saturated rings. The Balaban J connectivity index is 2.02. The number of hydrogen-bond donors (Lipinski definition) is 0. The van der Waals surface area contributed by atoms with Crippen LogP contribution in [0.1, 0.15) is 6.92 Å². The smallest absolute Gasteiger partial charge is 0.409 e. The number of amides is 2. The Bertz CT molecular complexity index is 746. The summed E-state index contributed by atoms with van der Waals surface area (Å²) < 4.78 is 31.1. The molecule has 1 aliphatic rings. The second-order valence-corrected chi connectivity index (χ2v) is 8.64. The molecule has 1 saturated heterocycles. The van der Waals surface area contributed by atoms with Crippen molar-refractivity contribution in [1.29, 1.82) is 0 Å². The van der Waals surface area contributed by atoms with Crippen molar-refractivity contribution in [1.82, 2.24) is 9.80 Å². The van der Waals surface area contributed by atoms with Gasteiger partial charge in [-0.05, 0) is 31.2 Å². The monoisotopic (exact) mass is 447 g/mol. The molecule has 1 aromatic carbocycles. The number of benzene rings is 1. The summed E-state index contributed by atoms with van der Waals surface area (Å²) in [5.41, 5.74) is 0.425. The maximum absolute atomic E-state index is 12.6. The number of anilines is 1. The van der Waals surface area contributed by atoms with E-state index in [9.17, 15) is 18.0 Å². The van der Waals surface area contributed by atoms with Gasteiger partial charge < -0.3 is 14.5 Å². The van der Waals surface area contributed by atoms with Gasteiger partial charge in [-0.3, -0.25) is 9.10 Å². The third kappa shape index (κ3) is 5.34. The summed E-state index contributed by atoms with van der Waals surface area (Å²) in [7, 11) is -3.61. The average molecular weight is 448 g/mol. The molecule has 0 bridgehead atoms. The molecular weight excluding hydrogens is 426 g/mol. The predicted molar refractivity (Wildman–Crippen MR) is 102 cm³/mol. The second-order valence-electron chi connectivity index (χ2n) is 5.81. The van der Waals surface area contributed by atoms with Crippen LogP contribution in [0.5, 0.6) is 0 Å². The minimum Gasteiger partial charge on any atom is -0.450 e. The van der Waals surface area contributed by atoms with Gasteiger partial charge >= 0.3 is 6.09 Å². The van der Waals surface area contributed by atoms with Gasteiger partial charge in [0.25, 0.3) is 0 Å². The van der Waals surface area contributed by atoms with Crippen LogP contribution in [0.15, 0.2) is 28.7 Å². The topological polar surface area (TPSA) is 87.2 Å². The van der Waals surface area contributed by atoms with E-state index in [1.54, 1.807) is 36.1 Å². The minimum atomic E-state index is -3.61. The number of carbonyl (C=O) groups is 2. The molecule has 2 amide bonds. The van der Waals surface area contributed by atoms with Gasteiger partial charge in [-0.25, -0.2) is 13.2 Å². The van der Waals surface area contributed by atoms with Gasteiger partial charge in [0, 0.05) is 30.7 Å². The van der Waals surface area contributed by atoms with Crippen molar-refractivity contribution < 1.29 is 22.7 Å². The zero-order valence-electron chi connectivity index (χ0n) is 14.7. The molecule has 0 radical (unpaired) electrons. The zero-order chi connectivity index (χ0) is 19.3. The van der Waals surface area contributed by atoms with E-state index in [4.69, 9.17) is 4.74 Å². The van der Waals surface area contributed by atoms with Crippen LogP contribution in [0.4, 0.5) is 10.5 Å². The number of carbonyl (C=O) groups excluding carboxylic acids is 2. The minimum absolute atomic E-state index is 0.278. The Kier molecular flexibility index (Phi) is 6.87. The molecule has 0 aromatic heterocycles. The van der Waals surface area contributed by atoms with Crippen LogP contribution in [0, 0.1) is 0 Å². The standard InChI is InChI=1S/C16H22BrN3O5S/c1-3-25-16(22)19-10-8-18(9-11-19)15(21)12-20(26(2,23)24)14-6-4-13(17)5-7-14/h4-7H,3,8-12H2,1-2H3.